The maximum Gasteiger partial charge on any atom is 0.223 e. The molecule has 0 spiro atoms. The Hall–Kier alpha value is -2.56. The lowest BCUT2D eigenvalue weighted by atomic mass is 9.79. The summed E-state index contributed by atoms with van der Waals surface area (Å²) in [6, 6.07) is 4.04. The summed E-state index contributed by atoms with van der Waals surface area (Å²) in [5.41, 5.74) is 3.39. The largest absolute Gasteiger partial charge is 0.356 e. The predicted octanol–water partition coefficient (Wildman–Crippen LogP) is 4.28. The van der Waals surface area contributed by atoms with E-state index < -0.39 is 0 Å². The number of carbonyl (C=O) groups is 1. The minimum Gasteiger partial charge on any atom is -0.356 e. The van der Waals surface area contributed by atoms with Crippen LogP contribution in [0.4, 0.5) is 0 Å². The number of rotatable bonds is 5. The molecule has 2 heterocycles. The van der Waals surface area contributed by atoms with E-state index in [1.54, 1.807) is 6.33 Å². The van der Waals surface area contributed by atoms with Gasteiger partial charge in [0.1, 0.15) is 6.33 Å². The third kappa shape index (κ3) is 4.46. The van der Waals surface area contributed by atoms with Crippen LogP contribution in [0.15, 0.2) is 49.2 Å². The first kappa shape index (κ1) is 18.8. The van der Waals surface area contributed by atoms with E-state index in [9.17, 15) is 4.79 Å². The van der Waals surface area contributed by atoms with Crippen molar-refractivity contribution in [1.29, 1.82) is 0 Å². The zero-order chi connectivity index (χ0) is 19.2. The van der Waals surface area contributed by atoms with E-state index in [0.717, 1.165) is 68.3 Å². The van der Waals surface area contributed by atoms with Crippen LogP contribution in [0.2, 0.25) is 0 Å². The zero-order valence-corrected chi connectivity index (χ0v) is 16.3. The van der Waals surface area contributed by atoms with Crippen LogP contribution < -0.4 is 5.32 Å². The Morgan fingerprint density at radius 3 is 2.61 bits per heavy atom. The molecule has 4 rings (SSSR count). The molecule has 1 fully saturated rings. The predicted molar refractivity (Wildman–Crippen MR) is 109 cm³/mol. The van der Waals surface area contributed by atoms with Gasteiger partial charge in [-0.3, -0.25) is 9.78 Å². The molecular weight excluding hydrogens is 348 g/mol. The van der Waals surface area contributed by atoms with Gasteiger partial charge in [0.05, 0.1) is 5.69 Å². The third-order valence-electron chi connectivity index (χ3n) is 6.17. The van der Waals surface area contributed by atoms with Gasteiger partial charge < -0.3 is 5.32 Å². The van der Waals surface area contributed by atoms with Crippen molar-refractivity contribution >= 4 is 5.91 Å². The number of allylic oxidation sites excluding steroid dienone is 2. The number of carbonyl (C=O) groups excluding carboxylic acids is 1. The maximum absolute atomic E-state index is 12.4. The van der Waals surface area contributed by atoms with Gasteiger partial charge in [0.2, 0.25) is 5.91 Å². The number of hydrogen-bond acceptors (Lipinski definition) is 4. The van der Waals surface area contributed by atoms with Crippen molar-refractivity contribution in [3.8, 4) is 11.1 Å². The second kappa shape index (κ2) is 9.09. The van der Waals surface area contributed by atoms with Crippen molar-refractivity contribution in [2.45, 2.75) is 50.9 Å². The van der Waals surface area contributed by atoms with Crippen LogP contribution in [0.25, 0.3) is 11.1 Å². The highest BCUT2D eigenvalue weighted by Gasteiger charge is 2.26. The Kier molecular flexibility index (Phi) is 6.10. The van der Waals surface area contributed by atoms with Gasteiger partial charge in [0.15, 0.2) is 0 Å². The molecule has 28 heavy (non-hydrogen) atoms. The van der Waals surface area contributed by atoms with Crippen LogP contribution in [-0.4, -0.2) is 27.4 Å². The summed E-state index contributed by atoms with van der Waals surface area (Å²) in [5.74, 6) is 1.44. The SMILES string of the molecule is O=C(NCC1CCC(c2ncncc2-c2ccncc2)CC1)[C@H]1CC=CCC1. The Labute approximate surface area is 166 Å². The highest BCUT2D eigenvalue weighted by atomic mass is 16.1. The maximum atomic E-state index is 12.4. The van der Waals surface area contributed by atoms with E-state index in [2.05, 4.69) is 32.4 Å². The Balaban J connectivity index is 1.32. The Morgan fingerprint density at radius 1 is 1.04 bits per heavy atom. The minimum atomic E-state index is 0.172. The second-order valence-electron chi connectivity index (χ2n) is 8.00. The monoisotopic (exact) mass is 376 g/mol. The molecule has 0 saturated heterocycles. The van der Waals surface area contributed by atoms with Crippen LogP contribution in [0.3, 0.4) is 0 Å². The van der Waals surface area contributed by atoms with Crippen molar-refractivity contribution in [3.63, 3.8) is 0 Å². The van der Waals surface area contributed by atoms with Crippen LogP contribution in [0.1, 0.15) is 56.6 Å². The molecule has 1 amide bonds. The smallest absolute Gasteiger partial charge is 0.223 e. The van der Waals surface area contributed by atoms with Gasteiger partial charge in [-0.2, -0.15) is 0 Å². The molecule has 2 aromatic heterocycles. The number of aromatic nitrogens is 3. The van der Waals surface area contributed by atoms with Crippen molar-refractivity contribution in [1.82, 2.24) is 20.3 Å². The number of nitrogens with one attached hydrogen (secondary N) is 1. The summed E-state index contributed by atoms with van der Waals surface area (Å²) < 4.78 is 0. The number of nitrogens with zero attached hydrogens (tertiary/aromatic N) is 3. The lowest BCUT2D eigenvalue weighted by molar-refractivity contribution is -0.125. The lowest BCUT2D eigenvalue weighted by Gasteiger charge is -2.29. The number of hydrogen-bond donors (Lipinski definition) is 1. The van der Waals surface area contributed by atoms with E-state index in [0.29, 0.717) is 11.8 Å². The third-order valence-corrected chi connectivity index (χ3v) is 6.17. The summed E-state index contributed by atoms with van der Waals surface area (Å²) >= 11 is 0. The van der Waals surface area contributed by atoms with E-state index in [-0.39, 0.29) is 11.8 Å². The molecule has 2 aliphatic rings. The molecule has 0 aliphatic heterocycles. The van der Waals surface area contributed by atoms with E-state index in [4.69, 9.17) is 0 Å². The first-order chi connectivity index (χ1) is 13.8. The summed E-state index contributed by atoms with van der Waals surface area (Å²) in [7, 11) is 0. The number of pyridine rings is 1. The fourth-order valence-electron chi connectivity index (χ4n) is 4.48. The molecule has 0 aromatic carbocycles. The molecule has 1 atom stereocenters. The average Bonchev–Trinajstić information content (AvgIpc) is 2.79. The van der Waals surface area contributed by atoms with Crippen LogP contribution in [0, 0.1) is 11.8 Å². The molecular formula is C23H28N4O. The summed E-state index contributed by atoms with van der Waals surface area (Å²) in [5, 5.41) is 3.21. The summed E-state index contributed by atoms with van der Waals surface area (Å²) in [6.45, 7) is 0.812. The normalized spacial score (nSPS) is 24.6. The van der Waals surface area contributed by atoms with Crippen molar-refractivity contribution in [3.05, 3.63) is 54.9 Å². The molecule has 1 N–H and O–H groups in total. The van der Waals surface area contributed by atoms with Crippen molar-refractivity contribution < 1.29 is 4.79 Å². The standard InChI is InChI=1S/C23H28N4O/c28-23(20-4-2-1-3-5-20)26-14-17-6-8-19(9-7-17)22-21(15-25-16-27-22)18-10-12-24-13-11-18/h1-2,10-13,15-17,19-20H,3-9,14H2,(H,26,28)/t17?,19?,20-/m0/s1. The van der Waals surface area contributed by atoms with E-state index in [1.807, 2.05) is 30.7 Å². The Morgan fingerprint density at radius 2 is 1.86 bits per heavy atom. The van der Waals surface area contributed by atoms with Crippen molar-refractivity contribution in [2.24, 2.45) is 11.8 Å². The van der Waals surface area contributed by atoms with Gasteiger partial charge in [-0.15, -0.1) is 0 Å². The van der Waals surface area contributed by atoms with Gasteiger partial charge >= 0.3 is 0 Å². The number of amides is 1. The van der Waals surface area contributed by atoms with Gasteiger partial charge in [0, 0.05) is 42.5 Å². The Bertz CT molecular complexity index is 812. The molecule has 5 heteroatoms. The average molecular weight is 377 g/mol. The molecule has 0 bridgehead atoms. The molecule has 0 radical (unpaired) electrons. The second-order valence-corrected chi connectivity index (χ2v) is 8.00. The summed E-state index contributed by atoms with van der Waals surface area (Å²) in [4.78, 5) is 25.3. The minimum absolute atomic E-state index is 0.172. The molecule has 2 aromatic rings. The zero-order valence-electron chi connectivity index (χ0n) is 16.3. The lowest BCUT2D eigenvalue weighted by Crippen LogP contribution is -2.35. The quantitative estimate of drug-likeness (QED) is 0.791. The van der Waals surface area contributed by atoms with E-state index in [1.165, 1.54) is 0 Å². The highest BCUT2D eigenvalue weighted by Crippen LogP contribution is 2.38. The molecule has 5 nitrogen and oxygen atoms in total. The van der Waals surface area contributed by atoms with Crippen LogP contribution in [-0.2, 0) is 4.79 Å². The van der Waals surface area contributed by atoms with Gasteiger partial charge in [0.25, 0.3) is 0 Å². The van der Waals surface area contributed by atoms with E-state index >= 15 is 0 Å². The van der Waals surface area contributed by atoms with Crippen LogP contribution >= 0.6 is 0 Å². The first-order valence-electron chi connectivity index (χ1n) is 10.4. The molecule has 1 saturated carbocycles. The topological polar surface area (TPSA) is 67.8 Å². The first-order valence-corrected chi connectivity index (χ1v) is 10.4. The van der Waals surface area contributed by atoms with Crippen LogP contribution in [0.5, 0.6) is 0 Å². The summed E-state index contributed by atoms with van der Waals surface area (Å²) in [6.07, 6.45) is 18.9. The molecule has 0 unspecified atom stereocenters. The van der Waals surface area contributed by atoms with Gasteiger partial charge in [-0.05, 0) is 68.6 Å². The fraction of sp³-hybridized carbons (Fsp3) is 0.478. The van der Waals surface area contributed by atoms with Crippen molar-refractivity contribution in [2.75, 3.05) is 6.54 Å². The highest BCUT2D eigenvalue weighted by molar-refractivity contribution is 5.79. The molecule has 2 aliphatic carbocycles. The molecule has 146 valence electrons. The van der Waals surface area contributed by atoms with Gasteiger partial charge in [-0.1, -0.05) is 12.2 Å². The van der Waals surface area contributed by atoms with Gasteiger partial charge in [-0.25, -0.2) is 9.97 Å². The fourth-order valence-corrected chi connectivity index (χ4v) is 4.48.